The number of hydrogen-bond donors (Lipinski definition) is 4. The van der Waals surface area contributed by atoms with Crippen LogP contribution in [0.1, 0.15) is 31.0 Å². The van der Waals surface area contributed by atoms with E-state index in [2.05, 4.69) is 9.97 Å². The molecule has 168 valence electrons. The molecule has 2 aromatic rings. The lowest BCUT2D eigenvalue weighted by atomic mass is 10.1. The Labute approximate surface area is 178 Å². The van der Waals surface area contributed by atoms with Gasteiger partial charge in [-0.15, -0.1) is 0 Å². The van der Waals surface area contributed by atoms with Gasteiger partial charge in [0.15, 0.2) is 0 Å². The van der Waals surface area contributed by atoms with Crippen molar-refractivity contribution in [1.82, 2.24) is 14.7 Å². The number of hydrogen-bond acceptors (Lipinski definition) is 7. The molecule has 0 bridgehead atoms. The summed E-state index contributed by atoms with van der Waals surface area (Å²) in [4.78, 5) is 41.2. The number of aromatic nitrogens is 2. The first-order valence-corrected chi connectivity index (χ1v) is 10.8. The average molecular weight is 452 g/mol. The molecule has 0 fully saturated rings. The Kier molecular flexibility index (Phi) is 7.52. The van der Waals surface area contributed by atoms with Crippen molar-refractivity contribution in [3.63, 3.8) is 0 Å². The smallest absolute Gasteiger partial charge is 0.322 e. The minimum absolute atomic E-state index is 0.100. The van der Waals surface area contributed by atoms with Crippen molar-refractivity contribution in [2.45, 2.75) is 44.6 Å². The number of H-pyrrole nitrogens is 1. The number of primary amides is 1. The van der Waals surface area contributed by atoms with Crippen LogP contribution in [0.25, 0.3) is 11.4 Å². The first-order chi connectivity index (χ1) is 14.5. The summed E-state index contributed by atoms with van der Waals surface area (Å²) >= 11 is 0. The number of aromatic amines is 1. The molecule has 0 spiro atoms. The number of amides is 1. The largest absolute Gasteiger partial charge is 0.493 e. The van der Waals surface area contributed by atoms with Gasteiger partial charge in [0.05, 0.1) is 23.5 Å². The van der Waals surface area contributed by atoms with Gasteiger partial charge in [0.1, 0.15) is 17.6 Å². The molecule has 0 saturated heterocycles. The number of nitrogens with zero attached hydrogens (tertiary/aromatic N) is 1. The van der Waals surface area contributed by atoms with Gasteiger partial charge in [0.25, 0.3) is 5.56 Å². The zero-order valence-corrected chi connectivity index (χ0v) is 18.1. The van der Waals surface area contributed by atoms with Crippen LogP contribution < -0.4 is 20.8 Å². The number of carbonyl (C=O) groups excluding carboxylic acids is 1. The maximum Gasteiger partial charge on any atom is 0.322 e. The van der Waals surface area contributed by atoms with Crippen molar-refractivity contribution in [1.29, 1.82) is 0 Å². The standard InChI is InChI=1S/C19H24N4O7S/c1-4-7-30-15-6-5-12(31(28,29)23-14(19(26)27)9-16(20)24)8-13(15)17-21-11(3)10(2)18(25)22-17/h5-6,8,14,23H,4,7,9H2,1-3H3,(H2,20,24)(H,26,27)(H,21,22,25). The third kappa shape index (κ3) is 5.89. The number of carboxylic acid groups (broad SMARTS) is 1. The van der Waals surface area contributed by atoms with Gasteiger partial charge in [0.2, 0.25) is 15.9 Å². The quantitative estimate of drug-likeness (QED) is 0.401. The Balaban J connectivity index is 2.58. The van der Waals surface area contributed by atoms with E-state index in [1.54, 1.807) is 13.8 Å². The molecule has 0 aliphatic carbocycles. The number of ether oxygens (including phenoxy) is 1. The van der Waals surface area contributed by atoms with E-state index in [1.807, 2.05) is 11.6 Å². The third-order valence-corrected chi connectivity index (χ3v) is 5.84. The topological polar surface area (TPSA) is 182 Å². The number of benzene rings is 1. The molecule has 0 aliphatic rings. The van der Waals surface area contributed by atoms with Gasteiger partial charge in [-0.05, 0) is 38.5 Å². The van der Waals surface area contributed by atoms with Crippen LogP contribution in [0.5, 0.6) is 5.75 Å². The highest BCUT2D eigenvalue weighted by atomic mass is 32.2. The highest BCUT2D eigenvalue weighted by molar-refractivity contribution is 7.89. The van der Waals surface area contributed by atoms with E-state index in [-0.39, 0.29) is 21.8 Å². The Morgan fingerprint density at radius 3 is 2.55 bits per heavy atom. The average Bonchev–Trinajstić information content (AvgIpc) is 2.68. The molecule has 2 rings (SSSR count). The van der Waals surface area contributed by atoms with Gasteiger partial charge in [-0.1, -0.05) is 6.92 Å². The Morgan fingerprint density at radius 2 is 2.00 bits per heavy atom. The van der Waals surface area contributed by atoms with Crippen molar-refractivity contribution in [3.05, 3.63) is 39.8 Å². The number of sulfonamides is 1. The second-order valence-corrected chi connectivity index (χ2v) is 8.53. The van der Waals surface area contributed by atoms with E-state index in [4.69, 9.17) is 10.5 Å². The van der Waals surface area contributed by atoms with Crippen LogP contribution >= 0.6 is 0 Å². The van der Waals surface area contributed by atoms with Crippen molar-refractivity contribution in [2.75, 3.05) is 6.61 Å². The van der Waals surface area contributed by atoms with Gasteiger partial charge in [-0.25, -0.2) is 13.4 Å². The molecule has 1 unspecified atom stereocenters. The summed E-state index contributed by atoms with van der Waals surface area (Å²) < 4.78 is 33.1. The van der Waals surface area contributed by atoms with E-state index in [0.717, 1.165) is 0 Å². The summed E-state index contributed by atoms with van der Waals surface area (Å²) in [6, 6.07) is 2.09. The molecule has 1 aromatic heterocycles. The molecule has 31 heavy (non-hydrogen) atoms. The molecular weight excluding hydrogens is 428 g/mol. The Morgan fingerprint density at radius 1 is 1.32 bits per heavy atom. The molecule has 5 N–H and O–H groups in total. The van der Waals surface area contributed by atoms with E-state index in [1.165, 1.54) is 18.2 Å². The number of aryl methyl sites for hydroxylation is 1. The van der Waals surface area contributed by atoms with Crippen LogP contribution in [0.2, 0.25) is 0 Å². The second kappa shape index (κ2) is 9.71. The second-order valence-electron chi connectivity index (χ2n) is 6.81. The molecule has 1 atom stereocenters. The maximum atomic E-state index is 12.8. The molecule has 1 aromatic carbocycles. The fourth-order valence-corrected chi connectivity index (χ4v) is 3.82. The fraction of sp³-hybridized carbons (Fsp3) is 0.368. The van der Waals surface area contributed by atoms with Crippen LogP contribution in [0, 0.1) is 13.8 Å². The summed E-state index contributed by atoms with van der Waals surface area (Å²) in [5.74, 6) is -2.14. The number of nitrogens with two attached hydrogens (primary N) is 1. The van der Waals surface area contributed by atoms with E-state index in [0.29, 0.717) is 30.0 Å². The highest BCUT2D eigenvalue weighted by Gasteiger charge is 2.28. The number of nitrogens with one attached hydrogen (secondary N) is 2. The number of aliphatic carboxylic acids is 1. The molecule has 12 heteroatoms. The number of carbonyl (C=O) groups is 2. The molecule has 11 nitrogen and oxygen atoms in total. The monoisotopic (exact) mass is 452 g/mol. The van der Waals surface area contributed by atoms with E-state index in [9.17, 15) is 27.9 Å². The number of rotatable bonds is 10. The Hall–Kier alpha value is -3.25. The van der Waals surface area contributed by atoms with E-state index < -0.39 is 34.4 Å². The zero-order chi connectivity index (χ0) is 23.3. The molecule has 0 radical (unpaired) electrons. The minimum Gasteiger partial charge on any atom is -0.493 e. The summed E-state index contributed by atoms with van der Waals surface area (Å²) in [7, 11) is -4.36. The lowest BCUT2D eigenvalue weighted by molar-refractivity contribution is -0.140. The predicted molar refractivity (Wildman–Crippen MR) is 111 cm³/mol. The van der Waals surface area contributed by atoms with Gasteiger partial charge in [-0.2, -0.15) is 4.72 Å². The van der Waals surface area contributed by atoms with Crippen LogP contribution in [-0.2, 0) is 19.6 Å². The van der Waals surface area contributed by atoms with Crippen molar-refractivity contribution in [3.8, 4) is 17.1 Å². The molecule has 1 heterocycles. The molecule has 0 saturated carbocycles. The lowest BCUT2D eigenvalue weighted by Crippen LogP contribution is -2.43. The first-order valence-electron chi connectivity index (χ1n) is 9.34. The van der Waals surface area contributed by atoms with Crippen LogP contribution in [0.3, 0.4) is 0 Å². The lowest BCUT2D eigenvalue weighted by Gasteiger charge is -2.16. The predicted octanol–water partition coefficient (Wildman–Crippen LogP) is 0.449. The van der Waals surface area contributed by atoms with Gasteiger partial charge in [0, 0.05) is 11.3 Å². The van der Waals surface area contributed by atoms with Gasteiger partial charge < -0.3 is 20.6 Å². The highest BCUT2D eigenvalue weighted by Crippen LogP contribution is 2.30. The van der Waals surface area contributed by atoms with Crippen molar-refractivity contribution < 1.29 is 27.9 Å². The fourth-order valence-electron chi connectivity index (χ4n) is 2.61. The Bertz CT molecular complexity index is 1160. The van der Waals surface area contributed by atoms with Crippen molar-refractivity contribution in [2.24, 2.45) is 5.73 Å². The zero-order valence-electron chi connectivity index (χ0n) is 17.3. The SMILES string of the molecule is CCCOc1ccc(S(=O)(=O)NC(CC(N)=O)C(=O)O)cc1-c1nc(C)c(C)c(=O)[nH]1. The van der Waals surface area contributed by atoms with Crippen LogP contribution in [0.4, 0.5) is 0 Å². The third-order valence-electron chi connectivity index (χ3n) is 4.37. The van der Waals surface area contributed by atoms with Gasteiger partial charge >= 0.3 is 5.97 Å². The molecule has 0 aliphatic heterocycles. The molecular formula is C19H24N4O7S. The minimum atomic E-state index is -4.36. The number of carboxylic acids is 1. The van der Waals surface area contributed by atoms with Crippen LogP contribution in [-0.4, -0.2) is 48.0 Å². The first kappa shape index (κ1) is 24.0. The van der Waals surface area contributed by atoms with E-state index >= 15 is 0 Å². The summed E-state index contributed by atoms with van der Waals surface area (Å²) in [5, 5.41) is 9.19. The summed E-state index contributed by atoms with van der Waals surface area (Å²) in [6.07, 6.45) is -0.0313. The summed E-state index contributed by atoms with van der Waals surface area (Å²) in [5.41, 5.74) is 5.70. The van der Waals surface area contributed by atoms with Gasteiger partial charge in [-0.3, -0.25) is 14.4 Å². The molecule has 1 amide bonds. The van der Waals surface area contributed by atoms with Crippen molar-refractivity contribution >= 4 is 21.9 Å². The normalized spacial score (nSPS) is 12.4. The summed E-state index contributed by atoms with van der Waals surface area (Å²) in [6.45, 7) is 5.48. The van der Waals surface area contributed by atoms with Crippen LogP contribution in [0.15, 0.2) is 27.9 Å². The maximum absolute atomic E-state index is 12.8.